The van der Waals surface area contributed by atoms with E-state index in [1.807, 2.05) is 0 Å². The summed E-state index contributed by atoms with van der Waals surface area (Å²) in [6.07, 6.45) is 0. The number of hydrogen-bond donors (Lipinski definition) is 3. The Morgan fingerprint density at radius 2 is 2.12 bits per heavy atom. The van der Waals surface area contributed by atoms with Gasteiger partial charge in [0, 0.05) is 43.6 Å². The number of aromatic hydroxyl groups is 1. The van der Waals surface area contributed by atoms with Crippen molar-refractivity contribution >= 4 is 28.4 Å². The minimum atomic E-state index is -0.465. The van der Waals surface area contributed by atoms with Gasteiger partial charge in [-0.3, -0.25) is 15.1 Å². The minimum absolute atomic E-state index is 0.0424. The molecule has 0 bridgehead atoms. The number of nitrogens with one attached hydrogen (secondary N) is 2. The first-order chi connectivity index (χ1) is 12.0. The molecular weight excluding hydrogens is 344 g/mol. The van der Waals surface area contributed by atoms with Crippen molar-refractivity contribution in [2.24, 2.45) is 7.05 Å². The van der Waals surface area contributed by atoms with E-state index in [1.165, 1.54) is 0 Å². The maximum absolute atomic E-state index is 12.5. The first kappa shape index (κ1) is 17.7. The molecule has 3 N–H and O–H groups in total. The average molecular weight is 365 g/mol. The van der Waals surface area contributed by atoms with E-state index in [9.17, 15) is 9.90 Å². The second-order valence-electron chi connectivity index (χ2n) is 6.00. The van der Waals surface area contributed by atoms with E-state index in [0.29, 0.717) is 42.2 Å². The van der Waals surface area contributed by atoms with Gasteiger partial charge in [0.05, 0.1) is 18.7 Å². The molecule has 2 heterocycles. The molecule has 1 aliphatic rings. The number of ether oxygens (including phenoxy) is 1. The highest BCUT2D eigenvalue weighted by Crippen LogP contribution is 2.28. The Hall–Kier alpha value is -2.09. The number of amides is 1. The highest BCUT2D eigenvalue weighted by molar-refractivity contribution is 6.31. The van der Waals surface area contributed by atoms with Crippen molar-refractivity contribution in [2.75, 3.05) is 39.4 Å². The van der Waals surface area contributed by atoms with Gasteiger partial charge in [-0.1, -0.05) is 11.6 Å². The number of fused-ring (bicyclic) bond motifs is 1. The standard InChI is InChI=1S/C17H21ClN4O3/c1-21-13-3-2-11(18)10-12(13)15(23)14(16(21)19)17(24)20-4-5-22-6-8-25-9-7-22/h2-3,10,19,23H,4-9H2,1H3,(H,20,24). The van der Waals surface area contributed by atoms with Crippen LogP contribution >= 0.6 is 11.6 Å². The molecule has 134 valence electrons. The normalized spacial score (nSPS) is 15.4. The molecule has 8 heteroatoms. The summed E-state index contributed by atoms with van der Waals surface area (Å²) < 4.78 is 6.85. The average Bonchev–Trinajstić information content (AvgIpc) is 2.61. The van der Waals surface area contributed by atoms with Gasteiger partial charge in [-0.05, 0) is 18.2 Å². The van der Waals surface area contributed by atoms with E-state index in [4.69, 9.17) is 21.7 Å². The van der Waals surface area contributed by atoms with Crippen LogP contribution in [0.5, 0.6) is 5.75 Å². The number of carbonyl (C=O) groups excluding carboxylic acids is 1. The number of aromatic nitrogens is 1. The molecule has 1 saturated heterocycles. The third kappa shape index (κ3) is 3.63. The number of carbonyl (C=O) groups is 1. The lowest BCUT2D eigenvalue weighted by molar-refractivity contribution is 0.0383. The van der Waals surface area contributed by atoms with E-state index >= 15 is 0 Å². The number of hydrogen-bond acceptors (Lipinski definition) is 5. The first-order valence-electron chi connectivity index (χ1n) is 8.13. The Kier molecular flexibility index (Phi) is 5.27. The Bertz CT molecular complexity index is 859. The summed E-state index contributed by atoms with van der Waals surface area (Å²) in [5, 5.41) is 22.4. The number of rotatable bonds is 4. The molecule has 2 aromatic rings. The monoisotopic (exact) mass is 364 g/mol. The largest absolute Gasteiger partial charge is 0.506 e. The summed E-state index contributed by atoms with van der Waals surface area (Å²) >= 11 is 6.00. The lowest BCUT2D eigenvalue weighted by Crippen LogP contribution is -2.42. The Balaban J connectivity index is 1.82. The van der Waals surface area contributed by atoms with Crippen LogP contribution in [0.25, 0.3) is 10.9 Å². The van der Waals surface area contributed by atoms with Crippen LogP contribution in [0.2, 0.25) is 5.02 Å². The van der Waals surface area contributed by atoms with Crippen LogP contribution in [0.15, 0.2) is 18.2 Å². The highest BCUT2D eigenvalue weighted by Gasteiger charge is 2.19. The summed E-state index contributed by atoms with van der Waals surface area (Å²) in [5.41, 5.74) is 0.548. The fourth-order valence-corrected chi connectivity index (χ4v) is 3.15. The molecule has 25 heavy (non-hydrogen) atoms. The lowest BCUT2D eigenvalue weighted by atomic mass is 10.1. The summed E-state index contributed by atoms with van der Waals surface area (Å²) in [6, 6.07) is 5.00. The van der Waals surface area contributed by atoms with Gasteiger partial charge in [0.15, 0.2) is 0 Å². The number of pyridine rings is 1. The molecule has 0 spiro atoms. The fraction of sp³-hybridized carbons (Fsp3) is 0.412. The zero-order valence-electron chi connectivity index (χ0n) is 14.0. The molecule has 0 aliphatic carbocycles. The minimum Gasteiger partial charge on any atom is -0.506 e. The van der Waals surface area contributed by atoms with Crippen LogP contribution in [0.1, 0.15) is 10.4 Å². The third-order valence-corrected chi connectivity index (χ3v) is 4.66. The molecule has 0 saturated carbocycles. The molecule has 1 aromatic carbocycles. The topological polar surface area (TPSA) is 90.6 Å². The van der Waals surface area contributed by atoms with Crippen LogP contribution in [0, 0.1) is 5.41 Å². The Labute approximate surface area is 150 Å². The van der Waals surface area contributed by atoms with Crippen molar-refractivity contribution < 1.29 is 14.6 Å². The van der Waals surface area contributed by atoms with E-state index in [-0.39, 0.29) is 16.8 Å². The summed E-state index contributed by atoms with van der Waals surface area (Å²) in [6.45, 7) is 4.23. The molecule has 1 amide bonds. The summed E-state index contributed by atoms with van der Waals surface area (Å²) in [7, 11) is 1.68. The quantitative estimate of drug-likeness (QED) is 0.757. The molecule has 0 radical (unpaired) electrons. The predicted octanol–water partition coefficient (Wildman–Crippen LogP) is 1.08. The number of benzene rings is 1. The van der Waals surface area contributed by atoms with Crippen LogP contribution in [0.3, 0.4) is 0 Å². The predicted molar refractivity (Wildman–Crippen MR) is 95.0 cm³/mol. The van der Waals surface area contributed by atoms with Gasteiger partial charge in [0.1, 0.15) is 16.8 Å². The smallest absolute Gasteiger partial charge is 0.258 e. The molecule has 0 unspecified atom stereocenters. The highest BCUT2D eigenvalue weighted by atomic mass is 35.5. The second-order valence-corrected chi connectivity index (χ2v) is 6.44. The van der Waals surface area contributed by atoms with Crippen molar-refractivity contribution in [1.29, 1.82) is 5.41 Å². The molecule has 1 fully saturated rings. The van der Waals surface area contributed by atoms with Gasteiger partial charge in [0.25, 0.3) is 5.91 Å². The van der Waals surface area contributed by atoms with E-state index in [1.54, 1.807) is 29.8 Å². The van der Waals surface area contributed by atoms with Gasteiger partial charge >= 0.3 is 0 Å². The number of morpholine rings is 1. The van der Waals surface area contributed by atoms with Crippen LogP contribution in [-0.2, 0) is 11.8 Å². The van der Waals surface area contributed by atoms with E-state index in [2.05, 4.69) is 10.2 Å². The molecule has 7 nitrogen and oxygen atoms in total. The van der Waals surface area contributed by atoms with E-state index < -0.39 is 5.91 Å². The van der Waals surface area contributed by atoms with Crippen molar-refractivity contribution in [3.63, 3.8) is 0 Å². The van der Waals surface area contributed by atoms with Crippen molar-refractivity contribution in [1.82, 2.24) is 14.8 Å². The second kappa shape index (κ2) is 7.43. The van der Waals surface area contributed by atoms with Crippen LogP contribution in [0.4, 0.5) is 0 Å². The van der Waals surface area contributed by atoms with Crippen LogP contribution in [-0.4, -0.2) is 59.9 Å². The Morgan fingerprint density at radius 1 is 1.40 bits per heavy atom. The molecular formula is C17H21ClN4O3. The zero-order chi connectivity index (χ0) is 18.0. The number of halogens is 1. The van der Waals surface area contributed by atoms with Crippen molar-refractivity contribution in [2.45, 2.75) is 0 Å². The molecule has 3 rings (SSSR count). The Morgan fingerprint density at radius 3 is 2.84 bits per heavy atom. The SMILES string of the molecule is Cn1c(=N)c(C(=O)NCCN2CCOCC2)c(O)c2cc(Cl)ccc21. The van der Waals surface area contributed by atoms with Crippen LogP contribution < -0.4 is 10.8 Å². The number of aryl methyl sites for hydroxylation is 1. The molecule has 0 atom stereocenters. The van der Waals surface area contributed by atoms with Gasteiger partial charge in [-0.15, -0.1) is 0 Å². The van der Waals surface area contributed by atoms with Crippen molar-refractivity contribution in [3.8, 4) is 5.75 Å². The number of nitrogens with zero attached hydrogens (tertiary/aromatic N) is 2. The first-order valence-corrected chi connectivity index (χ1v) is 8.51. The summed E-state index contributed by atoms with van der Waals surface area (Å²) in [5.74, 6) is -0.683. The van der Waals surface area contributed by atoms with Gasteiger partial charge in [-0.2, -0.15) is 0 Å². The zero-order valence-corrected chi connectivity index (χ0v) is 14.8. The van der Waals surface area contributed by atoms with E-state index in [0.717, 1.165) is 13.1 Å². The van der Waals surface area contributed by atoms with Crippen molar-refractivity contribution in [3.05, 3.63) is 34.3 Å². The summed E-state index contributed by atoms with van der Waals surface area (Å²) in [4.78, 5) is 14.7. The molecule has 1 aromatic heterocycles. The maximum Gasteiger partial charge on any atom is 0.258 e. The van der Waals surface area contributed by atoms with Gasteiger partial charge in [0.2, 0.25) is 0 Å². The fourth-order valence-electron chi connectivity index (χ4n) is 2.98. The van der Waals surface area contributed by atoms with Gasteiger partial charge in [-0.25, -0.2) is 0 Å². The molecule has 1 aliphatic heterocycles. The lowest BCUT2D eigenvalue weighted by Gasteiger charge is -2.26. The van der Waals surface area contributed by atoms with Gasteiger partial charge < -0.3 is 19.7 Å². The third-order valence-electron chi connectivity index (χ3n) is 4.43. The maximum atomic E-state index is 12.5.